The Morgan fingerprint density at radius 2 is 1.72 bits per heavy atom. The highest BCUT2D eigenvalue weighted by atomic mass is 35.5. The molecular weight excluding hydrogens is 782 g/mol. The average molecular weight is 822 g/mol. The lowest BCUT2D eigenvalue weighted by Crippen LogP contribution is -2.31. The quantitative estimate of drug-likeness (QED) is 0.0798. The number of carbonyl (C=O) groups excluding carboxylic acids is 1. The number of carbonyl (C=O) groups is 1. The number of amides is 1. The topological polar surface area (TPSA) is 177 Å². The number of benzene rings is 4. The molecule has 0 radical (unpaired) electrons. The van der Waals surface area contributed by atoms with Gasteiger partial charge >= 0.3 is 5.69 Å². The molecule has 2 aliphatic rings. The van der Waals surface area contributed by atoms with Crippen LogP contribution in [-0.2, 0) is 10.0 Å². The van der Waals surface area contributed by atoms with Crippen LogP contribution in [0.5, 0.6) is 17.2 Å². The van der Waals surface area contributed by atoms with Gasteiger partial charge in [-0.25, -0.2) is 18.1 Å². The standard InChI is InChI=1S/C43H40ClN5O8S/c44-37-5-2-1-4-35(37)38-6-3-21-48(38)31-12-9-28(10-13-31)29-11-17-36(41(23-29)57-33-22-30-19-20-45-42(30)46-25-33)43(51)47-58(54,55)34-16-18-40(39(24-34)49(52)53)56-26-27-7-14-32(50)15-8-27/h1-2,4-5,9-13,16-20,22-25,27,32,38,50H,3,6-8,14-15,21,26H2,(H,45,46)(H,47,51). The minimum absolute atomic E-state index is 0.0641. The molecule has 4 aromatic carbocycles. The zero-order valence-corrected chi connectivity index (χ0v) is 32.8. The molecule has 298 valence electrons. The molecule has 58 heavy (non-hydrogen) atoms. The van der Waals surface area contributed by atoms with Gasteiger partial charge in [-0.15, -0.1) is 0 Å². The average Bonchev–Trinajstić information content (AvgIpc) is 3.91. The maximum absolute atomic E-state index is 13.8. The first-order valence-corrected chi connectivity index (χ1v) is 20.9. The number of H-pyrrole nitrogens is 1. The second kappa shape index (κ2) is 16.5. The highest BCUT2D eigenvalue weighted by Gasteiger charge is 2.29. The summed E-state index contributed by atoms with van der Waals surface area (Å²) in [5.74, 6) is -0.610. The Morgan fingerprint density at radius 3 is 2.50 bits per heavy atom. The number of aromatic nitrogens is 2. The third-order valence-electron chi connectivity index (χ3n) is 10.8. The van der Waals surface area contributed by atoms with Crippen molar-refractivity contribution in [1.82, 2.24) is 14.7 Å². The van der Waals surface area contributed by atoms with Crippen molar-refractivity contribution in [3.8, 4) is 28.4 Å². The summed E-state index contributed by atoms with van der Waals surface area (Å²) >= 11 is 6.58. The van der Waals surface area contributed by atoms with Crippen molar-refractivity contribution in [1.29, 1.82) is 0 Å². The number of anilines is 1. The van der Waals surface area contributed by atoms with E-state index < -0.39 is 31.4 Å². The number of ether oxygens (including phenoxy) is 2. The van der Waals surface area contributed by atoms with Gasteiger partial charge in [-0.05, 0) is 116 Å². The van der Waals surface area contributed by atoms with E-state index in [-0.39, 0.29) is 41.7 Å². The van der Waals surface area contributed by atoms with E-state index in [0.717, 1.165) is 58.7 Å². The summed E-state index contributed by atoms with van der Waals surface area (Å²) in [5.41, 5.74) is 3.66. The second-order valence-corrected chi connectivity index (χ2v) is 16.7. The molecular formula is C43H40ClN5O8S. The maximum atomic E-state index is 13.8. The van der Waals surface area contributed by atoms with Crippen LogP contribution in [0.15, 0.2) is 114 Å². The van der Waals surface area contributed by atoms with Gasteiger partial charge in [-0.2, -0.15) is 0 Å². The molecule has 1 saturated carbocycles. The largest absolute Gasteiger partial charge is 0.487 e. The van der Waals surface area contributed by atoms with Gasteiger partial charge in [0.2, 0.25) is 0 Å². The Bertz CT molecular complexity index is 2590. The molecule has 13 nitrogen and oxygen atoms in total. The number of hydrogen-bond acceptors (Lipinski definition) is 10. The lowest BCUT2D eigenvalue weighted by molar-refractivity contribution is -0.386. The normalized spacial score (nSPS) is 18.2. The number of sulfonamides is 1. The van der Waals surface area contributed by atoms with Gasteiger partial charge in [0.05, 0.1) is 40.3 Å². The number of aliphatic hydroxyl groups excluding tert-OH is 1. The first-order chi connectivity index (χ1) is 28.0. The molecule has 2 fully saturated rings. The lowest BCUT2D eigenvalue weighted by atomic mass is 9.88. The summed E-state index contributed by atoms with van der Waals surface area (Å²) in [6.07, 6.45) is 7.57. The molecule has 3 heterocycles. The van der Waals surface area contributed by atoms with Gasteiger partial charge in [-0.1, -0.05) is 48.0 Å². The van der Waals surface area contributed by atoms with Gasteiger partial charge in [0.15, 0.2) is 5.75 Å². The van der Waals surface area contributed by atoms with Crippen LogP contribution in [-0.4, -0.2) is 53.6 Å². The van der Waals surface area contributed by atoms with Crippen molar-refractivity contribution in [2.45, 2.75) is 55.6 Å². The van der Waals surface area contributed by atoms with E-state index in [1.807, 2.05) is 48.5 Å². The predicted molar refractivity (Wildman–Crippen MR) is 220 cm³/mol. The Morgan fingerprint density at radius 1 is 0.948 bits per heavy atom. The van der Waals surface area contributed by atoms with Crippen LogP contribution >= 0.6 is 11.6 Å². The Balaban J connectivity index is 1.05. The molecule has 0 spiro atoms. The van der Waals surface area contributed by atoms with Crippen LogP contribution in [0, 0.1) is 16.0 Å². The van der Waals surface area contributed by atoms with Crippen LogP contribution in [0.2, 0.25) is 5.02 Å². The first kappa shape index (κ1) is 38.9. The number of pyridine rings is 1. The minimum atomic E-state index is -4.61. The molecule has 1 aliphatic carbocycles. The van der Waals surface area contributed by atoms with E-state index in [0.29, 0.717) is 42.6 Å². The molecule has 6 aromatic rings. The lowest BCUT2D eigenvalue weighted by Gasteiger charge is -2.28. The van der Waals surface area contributed by atoms with E-state index >= 15 is 0 Å². The number of fused-ring (bicyclic) bond motifs is 1. The molecule has 1 amide bonds. The molecule has 2 aromatic heterocycles. The van der Waals surface area contributed by atoms with Crippen LogP contribution in [0.25, 0.3) is 22.2 Å². The van der Waals surface area contributed by atoms with E-state index in [1.54, 1.807) is 24.4 Å². The fourth-order valence-corrected chi connectivity index (χ4v) is 9.00. The molecule has 1 saturated heterocycles. The Kier molecular flexibility index (Phi) is 11.1. The Hall–Kier alpha value is -5.96. The number of nitro benzene ring substituents is 1. The van der Waals surface area contributed by atoms with Crippen LogP contribution < -0.4 is 19.1 Å². The van der Waals surface area contributed by atoms with E-state index in [9.17, 15) is 28.4 Å². The molecule has 1 atom stereocenters. The fourth-order valence-electron chi connectivity index (χ4n) is 7.75. The van der Waals surface area contributed by atoms with Gasteiger partial charge in [0.25, 0.3) is 15.9 Å². The number of nitrogens with zero attached hydrogens (tertiary/aromatic N) is 3. The summed E-state index contributed by atoms with van der Waals surface area (Å²) in [7, 11) is -4.61. The number of aliphatic hydroxyl groups is 1. The molecule has 15 heteroatoms. The maximum Gasteiger partial charge on any atom is 0.312 e. The summed E-state index contributed by atoms with van der Waals surface area (Å²) in [6, 6.07) is 27.7. The fraction of sp³-hybridized carbons (Fsp3) is 0.256. The van der Waals surface area contributed by atoms with Crippen molar-refractivity contribution in [2.75, 3.05) is 18.1 Å². The number of halogens is 1. The van der Waals surface area contributed by atoms with E-state index in [1.165, 1.54) is 18.3 Å². The molecule has 1 aliphatic heterocycles. The number of nitrogens with one attached hydrogen (secondary N) is 2. The Labute approximate surface area is 339 Å². The van der Waals surface area contributed by atoms with Crippen molar-refractivity contribution >= 4 is 49.9 Å². The van der Waals surface area contributed by atoms with Crippen molar-refractivity contribution in [3.05, 3.63) is 136 Å². The van der Waals surface area contributed by atoms with Crippen molar-refractivity contribution in [2.24, 2.45) is 5.92 Å². The summed E-state index contributed by atoms with van der Waals surface area (Å²) in [5, 5.41) is 23.3. The van der Waals surface area contributed by atoms with Gasteiger partial charge in [0.1, 0.15) is 17.1 Å². The monoisotopic (exact) mass is 821 g/mol. The summed E-state index contributed by atoms with van der Waals surface area (Å²) in [4.78, 5) is 34.4. The first-order valence-electron chi connectivity index (χ1n) is 19.1. The third kappa shape index (κ3) is 8.35. The zero-order valence-electron chi connectivity index (χ0n) is 31.2. The van der Waals surface area contributed by atoms with Crippen LogP contribution in [0.3, 0.4) is 0 Å². The van der Waals surface area contributed by atoms with Crippen molar-refractivity contribution < 1.29 is 32.7 Å². The number of nitro groups is 1. The third-order valence-corrected chi connectivity index (χ3v) is 12.5. The molecule has 3 N–H and O–H groups in total. The summed E-state index contributed by atoms with van der Waals surface area (Å²) < 4.78 is 41.3. The minimum Gasteiger partial charge on any atom is -0.487 e. The number of hydrogen-bond donors (Lipinski definition) is 3. The van der Waals surface area contributed by atoms with Gasteiger partial charge in [-0.3, -0.25) is 14.9 Å². The number of rotatable bonds is 12. The highest BCUT2D eigenvalue weighted by molar-refractivity contribution is 7.90. The van der Waals surface area contributed by atoms with E-state index in [2.05, 4.69) is 25.7 Å². The SMILES string of the molecule is O=C(NS(=O)(=O)c1ccc(OCC2CCC(O)CC2)c([N+](=O)[O-])c1)c1ccc(-c2ccc(N3CCCC3c3ccccc3Cl)cc2)cc1Oc1cnc2[nH]ccc2c1. The van der Waals surface area contributed by atoms with Gasteiger partial charge in [0, 0.05) is 34.9 Å². The van der Waals surface area contributed by atoms with Crippen molar-refractivity contribution in [3.63, 3.8) is 0 Å². The highest BCUT2D eigenvalue weighted by Crippen LogP contribution is 2.40. The second-order valence-electron chi connectivity index (χ2n) is 14.6. The van der Waals surface area contributed by atoms with Crippen LogP contribution in [0.4, 0.5) is 11.4 Å². The van der Waals surface area contributed by atoms with Gasteiger partial charge < -0.3 is 24.5 Å². The zero-order chi connectivity index (χ0) is 40.4. The number of aromatic amines is 1. The molecule has 0 bridgehead atoms. The summed E-state index contributed by atoms with van der Waals surface area (Å²) in [6.45, 7) is 1.08. The predicted octanol–water partition coefficient (Wildman–Crippen LogP) is 8.97. The molecule has 8 rings (SSSR count). The smallest absolute Gasteiger partial charge is 0.312 e. The van der Waals surface area contributed by atoms with E-state index in [4.69, 9.17) is 21.1 Å². The molecule has 1 unspecified atom stereocenters. The van der Waals surface area contributed by atoms with Crippen LogP contribution in [0.1, 0.15) is 60.5 Å².